The molecule has 25 heavy (non-hydrogen) atoms. The van der Waals surface area contributed by atoms with E-state index < -0.39 is 0 Å². The number of piperidine rings is 1. The number of carbonyl (C=O) groups excluding carboxylic acids is 1. The Labute approximate surface area is 153 Å². The zero-order chi connectivity index (χ0) is 17.6. The molecule has 2 heterocycles. The fraction of sp³-hybridized carbons (Fsp3) is 0.864. The van der Waals surface area contributed by atoms with Crippen LogP contribution >= 0.6 is 0 Å². The molecule has 4 aliphatic rings. The molecule has 3 nitrogen and oxygen atoms in total. The molecule has 140 valence electrons. The second-order valence-corrected chi connectivity index (χ2v) is 9.24. The third-order valence-corrected chi connectivity index (χ3v) is 7.97. The van der Waals surface area contributed by atoms with Gasteiger partial charge in [-0.15, -0.1) is 0 Å². The topological polar surface area (TPSA) is 29.5 Å². The predicted molar refractivity (Wildman–Crippen MR) is 100 cm³/mol. The molecule has 0 N–H and O–H groups in total. The van der Waals surface area contributed by atoms with Crippen molar-refractivity contribution < 1.29 is 9.53 Å². The Morgan fingerprint density at radius 1 is 1.04 bits per heavy atom. The molecule has 0 aromatic rings. The van der Waals surface area contributed by atoms with Crippen LogP contribution in [0.1, 0.15) is 65.2 Å². The maximum absolute atomic E-state index is 12.4. The quantitative estimate of drug-likeness (QED) is 0.548. The first-order chi connectivity index (χ1) is 12.1. The van der Waals surface area contributed by atoms with Crippen LogP contribution in [0, 0.1) is 29.6 Å². The van der Waals surface area contributed by atoms with Gasteiger partial charge in [-0.25, -0.2) is 0 Å². The molecule has 8 atom stereocenters. The summed E-state index contributed by atoms with van der Waals surface area (Å²) in [6, 6.07) is 1.25. The van der Waals surface area contributed by atoms with Crippen LogP contribution in [0.15, 0.2) is 12.2 Å². The van der Waals surface area contributed by atoms with Crippen LogP contribution in [0.5, 0.6) is 0 Å². The molecule has 0 aromatic carbocycles. The molecule has 0 unspecified atom stereocenters. The van der Waals surface area contributed by atoms with Crippen molar-refractivity contribution in [3.8, 4) is 0 Å². The molecular weight excluding hydrogens is 310 g/mol. The molecule has 0 bridgehead atoms. The summed E-state index contributed by atoms with van der Waals surface area (Å²) in [6.45, 7) is 4.47. The van der Waals surface area contributed by atoms with Gasteiger partial charge in [0.2, 0.25) is 0 Å². The first-order valence-electron chi connectivity index (χ1n) is 10.7. The number of nitrogens with zero attached hydrogens (tertiary/aromatic N) is 1. The lowest BCUT2D eigenvalue weighted by Gasteiger charge is -2.46. The van der Waals surface area contributed by atoms with Crippen LogP contribution in [-0.4, -0.2) is 36.1 Å². The lowest BCUT2D eigenvalue weighted by atomic mass is 9.57. The molecule has 0 aromatic heterocycles. The van der Waals surface area contributed by atoms with Crippen molar-refractivity contribution in [3.63, 3.8) is 0 Å². The molecule has 0 amide bonds. The maximum atomic E-state index is 12.4. The third-order valence-electron chi connectivity index (χ3n) is 7.97. The van der Waals surface area contributed by atoms with Crippen LogP contribution < -0.4 is 0 Å². The Balaban J connectivity index is 1.57. The number of carbonyl (C=O) groups is 1. The largest absolute Gasteiger partial charge is 0.462 e. The van der Waals surface area contributed by atoms with Gasteiger partial charge in [0.1, 0.15) is 6.10 Å². The number of likely N-dealkylation sites (N-methyl/N-ethyl adjacent to an activating group) is 1. The first kappa shape index (κ1) is 17.6. The molecule has 0 spiro atoms. The average molecular weight is 346 g/mol. The number of hydrogen-bond donors (Lipinski definition) is 0. The number of likely N-dealkylation sites (tertiary alicyclic amines) is 1. The maximum Gasteiger partial charge on any atom is 0.309 e. The van der Waals surface area contributed by atoms with E-state index in [2.05, 4.69) is 37.9 Å². The van der Waals surface area contributed by atoms with Crippen molar-refractivity contribution in [1.82, 2.24) is 4.90 Å². The monoisotopic (exact) mass is 345 g/mol. The summed E-state index contributed by atoms with van der Waals surface area (Å²) in [6.07, 6.45) is 15.5. The summed E-state index contributed by atoms with van der Waals surface area (Å²) in [5.41, 5.74) is 0. The van der Waals surface area contributed by atoms with E-state index in [1.165, 1.54) is 44.9 Å². The van der Waals surface area contributed by atoms with Crippen molar-refractivity contribution in [2.24, 2.45) is 29.6 Å². The van der Waals surface area contributed by atoms with E-state index in [1.807, 2.05) is 0 Å². The molecule has 2 aliphatic carbocycles. The van der Waals surface area contributed by atoms with Crippen molar-refractivity contribution in [2.75, 3.05) is 7.05 Å². The molecule has 2 saturated carbocycles. The number of esters is 1. The van der Waals surface area contributed by atoms with Crippen LogP contribution in [0.25, 0.3) is 0 Å². The number of rotatable bonds is 2. The van der Waals surface area contributed by atoms with Gasteiger partial charge in [0, 0.05) is 18.0 Å². The van der Waals surface area contributed by atoms with Crippen molar-refractivity contribution in [1.29, 1.82) is 0 Å². The number of fused-ring (bicyclic) bond motifs is 2. The van der Waals surface area contributed by atoms with E-state index >= 15 is 0 Å². The first-order valence-corrected chi connectivity index (χ1v) is 10.7. The minimum absolute atomic E-state index is 0.0864. The van der Waals surface area contributed by atoms with Gasteiger partial charge in [-0.1, -0.05) is 37.8 Å². The van der Waals surface area contributed by atoms with E-state index in [4.69, 9.17) is 4.74 Å². The van der Waals surface area contributed by atoms with Gasteiger partial charge in [0.25, 0.3) is 0 Å². The van der Waals surface area contributed by atoms with E-state index in [0.29, 0.717) is 23.9 Å². The second kappa shape index (κ2) is 7.06. The molecule has 4 fully saturated rings. The fourth-order valence-electron chi connectivity index (χ4n) is 6.43. The Morgan fingerprint density at radius 3 is 2.68 bits per heavy atom. The van der Waals surface area contributed by atoms with Crippen LogP contribution in [0.4, 0.5) is 0 Å². The lowest BCUT2D eigenvalue weighted by molar-refractivity contribution is -0.144. The second-order valence-electron chi connectivity index (χ2n) is 9.24. The summed E-state index contributed by atoms with van der Waals surface area (Å²) in [5, 5.41) is 0. The van der Waals surface area contributed by atoms with Gasteiger partial charge in [0.15, 0.2) is 0 Å². The van der Waals surface area contributed by atoms with Crippen molar-refractivity contribution in [2.45, 2.75) is 83.4 Å². The summed E-state index contributed by atoms with van der Waals surface area (Å²) < 4.78 is 5.69. The van der Waals surface area contributed by atoms with Gasteiger partial charge in [-0.2, -0.15) is 0 Å². The van der Waals surface area contributed by atoms with Gasteiger partial charge < -0.3 is 4.74 Å². The average Bonchev–Trinajstić information content (AvgIpc) is 2.89. The van der Waals surface area contributed by atoms with Gasteiger partial charge >= 0.3 is 5.97 Å². The van der Waals surface area contributed by atoms with Gasteiger partial charge in [-0.3, -0.25) is 9.69 Å². The number of allylic oxidation sites excluding steroid dienone is 1. The summed E-state index contributed by atoms with van der Waals surface area (Å²) in [5.74, 6) is 2.71. The Hall–Kier alpha value is -0.830. The van der Waals surface area contributed by atoms with Crippen LogP contribution in [0.3, 0.4) is 0 Å². The number of hydrogen-bond acceptors (Lipinski definition) is 3. The minimum Gasteiger partial charge on any atom is -0.462 e. The normalized spacial score (nSPS) is 48.2. The van der Waals surface area contributed by atoms with E-state index in [0.717, 1.165) is 18.3 Å². The Kier molecular flexibility index (Phi) is 4.96. The standard InChI is InChI=1S/C22H35NO2/c1-14-7-6-9-17(23(14)3)11-12-19-18-10-5-4-8-16(18)13-20-21(19)15(2)25-22(20)24/h11-12,14-21H,4-10,13H2,1-3H3/b12-11+/t14-,15+,16+,17+,18-,19+,20-,21+/m0/s1. The highest BCUT2D eigenvalue weighted by Gasteiger charge is 2.53. The summed E-state index contributed by atoms with van der Waals surface area (Å²) >= 11 is 0. The minimum atomic E-state index is 0.0864. The van der Waals surface area contributed by atoms with E-state index in [9.17, 15) is 4.79 Å². The van der Waals surface area contributed by atoms with Crippen molar-refractivity contribution in [3.05, 3.63) is 12.2 Å². The Morgan fingerprint density at radius 2 is 1.84 bits per heavy atom. The highest BCUT2D eigenvalue weighted by atomic mass is 16.6. The molecule has 2 aliphatic heterocycles. The molecule has 4 rings (SSSR count). The van der Waals surface area contributed by atoms with E-state index in [-0.39, 0.29) is 18.0 Å². The Bertz CT molecular complexity index is 530. The summed E-state index contributed by atoms with van der Waals surface area (Å²) in [4.78, 5) is 14.9. The van der Waals surface area contributed by atoms with Crippen LogP contribution in [0.2, 0.25) is 0 Å². The lowest BCUT2D eigenvalue weighted by Crippen LogP contribution is -2.44. The zero-order valence-electron chi connectivity index (χ0n) is 16.2. The molecule has 2 saturated heterocycles. The third kappa shape index (κ3) is 3.18. The van der Waals surface area contributed by atoms with Gasteiger partial charge in [-0.05, 0) is 64.3 Å². The van der Waals surface area contributed by atoms with Gasteiger partial charge in [0.05, 0.1) is 5.92 Å². The van der Waals surface area contributed by atoms with E-state index in [1.54, 1.807) is 0 Å². The number of cyclic esters (lactones) is 1. The predicted octanol–water partition coefficient (Wildman–Crippen LogP) is 4.42. The van der Waals surface area contributed by atoms with Crippen LogP contribution in [-0.2, 0) is 9.53 Å². The smallest absolute Gasteiger partial charge is 0.309 e. The zero-order valence-corrected chi connectivity index (χ0v) is 16.2. The summed E-state index contributed by atoms with van der Waals surface area (Å²) in [7, 11) is 2.27. The molecule has 0 radical (unpaired) electrons. The SMILES string of the molecule is C[C@H]1OC(=O)[C@H]2C[C@H]3CCCC[C@@H]3[C@@H](/C=C/[C@H]3CCC[C@H](C)N3C)[C@H]21. The van der Waals surface area contributed by atoms with Crippen molar-refractivity contribution >= 4 is 5.97 Å². The molecular formula is C22H35NO2. The molecule has 3 heteroatoms. The fourth-order valence-corrected chi connectivity index (χ4v) is 6.43. The number of ether oxygens (including phenoxy) is 1. The highest BCUT2D eigenvalue weighted by molar-refractivity contribution is 5.75. The highest BCUT2D eigenvalue weighted by Crippen LogP contribution is 2.53.